The first-order chi connectivity index (χ1) is 14.3. The molecular formula is C23H30N2O4S. The van der Waals surface area contributed by atoms with Crippen molar-refractivity contribution < 1.29 is 17.9 Å². The number of para-hydroxylation sites is 1. The largest absolute Gasteiger partial charge is 0.497 e. The summed E-state index contributed by atoms with van der Waals surface area (Å²) in [4.78, 5) is 12.6. The molecule has 0 fully saturated rings. The third-order valence-electron chi connectivity index (χ3n) is 5.55. The number of hydrogen-bond acceptors (Lipinski definition) is 4. The number of methoxy groups -OCH3 is 1. The Morgan fingerprint density at radius 3 is 2.70 bits per heavy atom. The second-order valence-corrected chi connectivity index (χ2v) is 9.71. The molecule has 0 radical (unpaired) electrons. The molecule has 0 aliphatic heterocycles. The van der Waals surface area contributed by atoms with Crippen LogP contribution in [-0.2, 0) is 21.2 Å². The molecule has 0 saturated heterocycles. The number of nitrogens with one attached hydrogen (secondary N) is 1. The van der Waals surface area contributed by atoms with Crippen LogP contribution in [0.4, 0.5) is 5.69 Å². The zero-order chi connectivity index (χ0) is 21.7. The van der Waals surface area contributed by atoms with Gasteiger partial charge in [0.05, 0.1) is 25.1 Å². The maximum absolute atomic E-state index is 12.6. The van der Waals surface area contributed by atoms with Crippen LogP contribution in [0.3, 0.4) is 0 Å². The van der Waals surface area contributed by atoms with Crippen LogP contribution >= 0.6 is 0 Å². The number of hydrogen-bond donors (Lipinski definition) is 1. The first-order valence-electron chi connectivity index (χ1n) is 10.3. The molecule has 0 bridgehead atoms. The van der Waals surface area contributed by atoms with Crippen LogP contribution in [0, 0.1) is 6.92 Å². The smallest absolute Gasteiger partial charge is 0.232 e. The Bertz CT molecular complexity index is 1000. The fourth-order valence-electron chi connectivity index (χ4n) is 4.03. The van der Waals surface area contributed by atoms with Gasteiger partial charge in [-0.2, -0.15) is 0 Å². The molecular weight excluding hydrogens is 400 g/mol. The molecule has 0 heterocycles. The molecule has 30 heavy (non-hydrogen) atoms. The van der Waals surface area contributed by atoms with Gasteiger partial charge in [0.25, 0.3) is 0 Å². The topological polar surface area (TPSA) is 75.7 Å². The Hall–Kier alpha value is -2.54. The van der Waals surface area contributed by atoms with Crippen LogP contribution in [0.15, 0.2) is 42.5 Å². The van der Waals surface area contributed by atoms with Gasteiger partial charge in [0.2, 0.25) is 15.9 Å². The minimum Gasteiger partial charge on any atom is -0.497 e. The van der Waals surface area contributed by atoms with Crippen LogP contribution < -0.4 is 14.4 Å². The van der Waals surface area contributed by atoms with Crippen molar-refractivity contribution in [2.75, 3.05) is 24.2 Å². The first kappa shape index (κ1) is 22.2. The van der Waals surface area contributed by atoms with Gasteiger partial charge in [-0.15, -0.1) is 0 Å². The van der Waals surface area contributed by atoms with Gasteiger partial charge in [-0.1, -0.05) is 24.3 Å². The lowest BCUT2D eigenvalue weighted by Crippen LogP contribution is -2.34. The molecule has 0 aromatic heterocycles. The monoisotopic (exact) mass is 430 g/mol. The van der Waals surface area contributed by atoms with E-state index in [0.29, 0.717) is 12.1 Å². The van der Waals surface area contributed by atoms with E-state index in [9.17, 15) is 13.2 Å². The van der Waals surface area contributed by atoms with Gasteiger partial charge in [0.15, 0.2) is 0 Å². The van der Waals surface area contributed by atoms with Gasteiger partial charge in [-0.05, 0) is 67.5 Å². The van der Waals surface area contributed by atoms with E-state index in [1.54, 1.807) is 13.2 Å². The highest BCUT2D eigenvalue weighted by Gasteiger charge is 2.23. The van der Waals surface area contributed by atoms with Gasteiger partial charge in [0.1, 0.15) is 5.75 Å². The maximum Gasteiger partial charge on any atom is 0.232 e. The number of anilines is 1. The number of ether oxygens (including phenoxy) is 1. The summed E-state index contributed by atoms with van der Waals surface area (Å²) in [6.07, 6.45) is 4.84. The number of sulfonamides is 1. The third-order valence-corrected chi connectivity index (χ3v) is 6.73. The van der Waals surface area contributed by atoms with Crippen LogP contribution in [0.5, 0.6) is 5.75 Å². The minimum atomic E-state index is -3.42. The molecule has 3 rings (SSSR count). The molecule has 2 aromatic carbocycles. The first-order valence-corrected chi connectivity index (χ1v) is 12.1. The zero-order valence-corrected chi connectivity index (χ0v) is 18.7. The summed E-state index contributed by atoms with van der Waals surface area (Å²) in [7, 11) is -1.77. The van der Waals surface area contributed by atoms with E-state index in [0.717, 1.165) is 36.1 Å². The summed E-state index contributed by atoms with van der Waals surface area (Å²) in [6.45, 7) is 2.16. The highest BCUT2D eigenvalue weighted by Crippen LogP contribution is 2.32. The summed E-state index contributed by atoms with van der Waals surface area (Å²) < 4.78 is 31.3. The molecule has 1 N–H and O–H groups in total. The van der Waals surface area contributed by atoms with Crippen LogP contribution in [-0.4, -0.2) is 34.2 Å². The van der Waals surface area contributed by atoms with Gasteiger partial charge < -0.3 is 10.1 Å². The molecule has 1 atom stereocenters. The normalized spacial score (nSPS) is 15.9. The molecule has 1 aliphatic rings. The SMILES string of the molecule is COc1ccc2c(c1)CCC[C@H]2NC(=O)CCCN(c1ccccc1C)S(C)(=O)=O. The second kappa shape index (κ2) is 9.51. The number of fused-ring (bicyclic) bond motifs is 1. The number of benzene rings is 2. The fourth-order valence-corrected chi connectivity index (χ4v) is 5.05. The number of rotatable bonds is 8. The summed E-state index contributed by atoms with van der Waals surface area (Å²) in [6, 6.07) is 13.4. The average Bonchev–Trinajstić information content (AvgIpc) is 2.71. The van der Waals surface area contributed by atoms with Crippen molar-refractivity contribution in [1.82, 2.24) is 5.32 Å². The van der Waals surface area contributed by atoms with Gasteiger partial charge in [-0.3, -0.25) is 9.10 Å². The number of nitrogens with zero attached hydrogens (tertiary/aromatic N) is 1. The third kappa shape index (κ3) is 5.33. The summed E-state index contributed by atoms with van der Waals surface area (Å²) in [5.74, 6) is 0.778. The summed E-state index contributed by atoms with van der Waals surface area (Å²) in [5, 5.41) is 3.13. The summed E-state index contributed by atoms with van der Waals surface area (Å²) in [5.41, 5.74) is 3.92. The van der Waals surface area contributed by atoms with E-state index in [1.807, 2.05) is 43.3 Å². The van der Waals surface area contributed by atoms with Crippen molar-refractivity contribution in [3.05, 3.63) is 59.2 Å². The second-order valence-electron chi connectivity index (χ2n) is 7.80. The Balaban J connectivity index is 1.60. The van der Waals surface area contributed by atoms with Crippen molar-refractivity contribution in [3.8, 4) is 5.75 Å². The molecule has 2 aromatic rings. The van der Waals surface area contributed by atoms with Crippen molar-refractivity contribution >= 4 is 21.6 Å². The number of carbonyl (C=O) groups excluding carboxylic acids is 1. The Kier molecular flexibility index (Phi) is 7.02. The van der Waals surface area contributed by atoms with Crippen molar-refractivity contribution in [2.45, 2.75) is 45.1 Å². The van der Waals surface area contributed by atoms with E-state index in [2.05, 4.69) is 5.32 Å². The average molecular weight is 431 g/mol. The highest BCUT2D eigenvalue weighted by atomic mass is 32.2. The minimum absolute atomic E-state index is 0.00506. The lowest BCUT2D eigenvalue weighted by molar-refractivity contribution is -0.122. The van der Waals surface area contributed by atoms with Crippen LogP contribution in [0.25, 0.3) is 0 Å². The number of amides is 1. The van der Waals surface area contributed by atoms with Gasteiger partial charge in [0, 0.05) is 13.0 Å². The highest BCUT2D eigenvalue weighted by molar-refractivity contribution is 7.92. The van der Waals surface area contributed by atoms with E-state index < -0.39 is 10.0 Å². The lowest BCUT2D eigenvalue weighted by Gasteiger charge is -2.27. The van der Waals surface area contributed by atoms with Crippen molar-refractivity contribution in [2.24, 2.45) is 0 Å². The number of aryl methyl sites for hydroxylation is 2. The number of carbonyl (C=O) groups is 1. The maximum atomic E-state index is 12.6. The van der Waals surface area contributed by atoms with Gasteiger partial charge in [-0.25, -0.2) is 8.42 Å². The van der Waals surface area contributed by atoms with Crippen molar-refractivity contribution in [1.29, 1.82) is 0 Å². The lowest BCUT2D eigenvalue weighted by atomic mass is 9.87. The van der Waals surface area contributed by atoms with E-state index in [1.165, 1.54) is 16.1 Å². The Morgan fingerprint density at radius 1 is 1.23 bits per heavy atom. The van der Waals surface area contributed by atoms with Gasteiger partial charge >= 0.3 is 0 Å². The zero-order valence-electron chi connectivity index (χ0n) is 17.8. The van der Waals surface area contributed by atoms with E-state index in [-0.39, 0.29) is 24.9 Å². The van der Waals surface area contributed by atoms with Crippen LogP contribution in [0.1, 0.15) is 48.4 Å². The molecule has 6 nitrogen and oxygen atoms in total. The predicted molar refractivity (Wildman–Crippen MR) is 119 cm³/mol. The van der Waals surface area contributed by atoms with E-state index >= 15 is 0 Å². The molecule has 0 saturated carbocycles. The quantitative estimate of drug-likeness (QED) is 0.692. The molecule has 0 spiro atoms. The molecule has 162 valence electrons. The Morgan fingerprint density at radius 2 is 2.00 bits per heavy atom. The molecule has 1 amide bonds. The fraction of sp³-hybridized carbons (Fsp3) is 0.435. The standard InChI is InChI=1S/C23H30N2O4S/c1-17-8-4-5-11-22(17)25(30(3,27)28)15-7-12-23(26)24-21-10-6-9-18-16-19(29-2)13-14-20(18)21/h4-5,8,11,13-14,16,21H,6-7,9-10,12,15H2,1-3H3,(H,24,26)/t21-/m1/s1. The Labute approximate surface area is 179 Å². The molecule has 7 heteroatoms. The summed E-state index contributed by atoms with van der Waals surface area (Å²) >= 11 is 0. The predicted octanol–water partition coefficient (Wildman–Crippen LogP) is 3.74. The van der Waals surface area contributed by atoms with E-state index in [4.69, 9.17) is 4.74 Å². The van der Waals surface area contributed by atoms with Crippen molar-refractivity contribution in [3.63, 3.8) is 0 Å². The molecule has 1 aliphatic carbocycles. The van der Waals surface area contributed by atoms with Crippen LogP contribution in [0.2, 0.25) is 0 Å². The molecule has 0 unspecified atom stereocenters.